The molecule has 94 valence electrons. The lowest BCUT2D eigenvalue weighted by Crippen LogP contribution is -2.30. The Balaban J connectivity index is 2.69. The van der Waals surface area contributed by atoms with Crippen LogP contribution in [-0.2, 0) is 4.74 Å². The van der Waals surface area contributed by atoms with Gasteiger partial charge in [-0.15, -0.1) is 0 Å². The Labute approximate surface area is 99.4 Å². The van der Waals surface area contributed by atoms with Gasteiger partial charge >= 0.3 is 6.09 Å². The molecule has 0 saturated carbocycles. The Bertz CT molecular complexity index is 465. The molecule has 0 aliphatic rings. The molecule has 0 unspecified atom stereocenters. The average molecular weight is 239 g/mol. The van der Waals surface area contributed by atoms with Crippen LogP contribution in [0.5, 0.6) is 0 Å². The SMILES string of the molecule is CCC(C)(C)OC(=O)Nc1ncc(C)c(=O)[nH]1. The van der Waals surface area contributed by atoms with Gasteiger partial charge < -0.3 is 4.74 Å². The molecule has 0 bridgehead atoms. The Hall–Kier alpha value is -1.85. The number of ether oxygens (including phenoxy) is 1. The molecule has 0 aliphatic heterocycles. The fourth-order valence-electron chi connectivity index (χ4n) is 0.967. The van der Waals surface area contributed by atoms with Crippen molar-refractivity contribution in [3.05, 3.63) is 22.1 Å². The third-order valence-corrected chi connectivity index (χ3v) is 2.42. The lowest BCUT2D eigenvalue weighted by atomic mass is 10.1. The molecule has 1 heterocycles. The quantitative estimate of drug-likeness (QED) is 0.842. The summed E-state index contributed by atoms with van der Waals surface area (Å²) >= 11 is 0. The first-order chi connectivity index (χ1) is 7.84. The van der Waals surface area contributed by atoms with Gasteiger partial charge in [-0.25, -0.2) is 9.78 Å². The molecular formula is C11H17N3O3. The van der Waals surface area contributed by atoms with Crippen molar-refractivity contribution < 1.29 is 9.53 Å². The molecule has 0 atom stereocenters. The van der Waals surface area contributed by atoms with Crippen LogP contribution in [0.2, 0.25) is 0 Å². The number of aromatic amines is 1. The molecule has 0 saturated heterocycles. The maximum Gasteiger partial charge on any atom is 0.414 e. The van der Waals surface area contributed by atoms with Crippen molar-refractivity contribution in [2.75, 3.05) is 5.32 Å². The number of carbonyl (C=O) groups excluding carboxylic acids is 1. The number of nitrogens with zero attached hydrogens (tertiary/aromatic N) is 1. The second-order valence-electron chi connectivity index (χ2n) is 4.37. The number of nitrogens with one attached hydrogen (secondary N) is 2. The molecule has 1 rings (SSSR count). The normalized spacial score (nSPS) is 11.1. The zero-order valence-corrected chi connectivity index (χ0v) is 10.5. The van der Waals surface area contributed by atoms with Crippen LogP contribution in [0.25, 0.3) is 0 Å². The first kappa shape index (κ1) is 13.2. The van der Waals surface area contributed by atoms with E-state index in [4.69, 9.17) is 4.74 Å². The summed E-state index contributed by atoms with van der Waals surface area (Å²) in [5.74, 6) is 0.0810. The Morgan fingerprint density at radius 3 is 2.76 bits per heavy atom. The van der Waals surface area contributed by atoms with Crippen molar-refractivity contribution in [2.45, 2.75) is 39.7 Å². The van der Waals surface area contributed by atoms with Gasteiger partial charge in [0.05, 0.1) is 0 Å². The minimum atomic E-state index is -0.635. The molecular weight excluding hydrogens is 222 g/mol. The lowest BCUT2D eigenvalue weighted by Gasteiger charge is -2.22. The molecule has 1 aromatic rings. The zero-order valence-electron chi connectivity index (χ0n) is 10.5. The van der Waals surface area contributed by atoms with Crippen molar-refractivity contribution in [1.29, 1.82) is 0 Å². The number of carbonyl (C=O) groups is 1. The number of H-pyrrole nitrogens is 1. The zero-order chi connectivity index (χ0) is 13.1. The molecule has 0 radical (unpaired) electrons. The first-order valence-electron chi connectivity index (χ1n) is 5.40. The molecule has 17 heavy (non-hydrogen) atoms. The summed E-state index contributed by atoms with van der Waals surface area (Å²) in [7, 11) is 0. The monoisotopic (exact) mass is 239 g/mol. The maximum atomic E-state index is 11.5. The lowest BCUT2D eigenvalue weighted by molar-refractivity contribution is 0.0461. The summed E-state index contributed by atoms with van der Waals surface area (Å²) in [6.07, 6.45) is 1.45. The van der Waals surface area contributed by atoms with Gasteiger partial charge in [0, 0.05) is 11.8 Å². The Morgan fingerprint density at radius 2 is 2.24 bits per heavy atom. The summed E-state index contributed by atoms with van der Waals surface area (Å²) in [6, 6.07) is 0. The summed E-state index contributed by atoms with van der Waals surface area (Å²) < 4.78 is 5.15. The van der Waals surface area contributed by atoms with Gasteiger partial charge in [-0.2, -0.15) is 0 Å². The average Bonchev–Trinajstić information content (AvgIpc) is 2.23. The van der Waals surface area contributed by atoms with Crippen LogP contribution >= 0.6 is 0 Å². The molecule has 1 amide bonds. The Morgan fingerprint density at radius 1 is 1.59 bits per heavy atom. The molecule has 6 heteroatoms. The van der Waals surface area contributed by atoms with E-state index in [1.165, 1.54) is 6.20 Å². The van der Waals surface area contributed by atoms with E-state index < -0.39 is 11.7 Å². The predicted octanol–water partition coefficient (Wildman–Crippen LogP) is 1.82. The number of hydrogen-bond acceptors (Lipinski definition) is 4. The van der Waals surface area contributed by atoms with Gasteiger partial charge in [-0.1, -0.05) is 6.92 Å². The van der Waals surface area contributed by atoms with Crippen molar-refractivity contribution in [3.63, 3.8) is 0 Å². The number of aryl methyl sites for hydroxylation is 1. The van der Waals surface area contributed by atoms with Crippen LogP contribution in [0.15, 0.2) is 11.0 Å². The highest BCUT2D eigenvalue weighted by atomic mass is 16.6. The number of anilines is 1. The molecule has 0 aliphatic carbocycles. The third kappa shape index (κ3) is 3.90. The summed E-state index contributed by atoms with van der Waals surface area (Å²) in [5.41, 5.74) is -0.349. The van der Waals surface area contributed by atoms with Gasteiger partial charge in [-0.05, 0) is 27.2 Å². The van der Waals surface area contributed by atoms with Gasteiger partial charge in [0.1, 0.15) is 5.60 Å². The van der Waals surface area contributed by atoms with E-state index in [-0.39, 0.29) is 11.5 Å². The standard InChI is InChI=1S/C11H17N3O3/c1-5-11(3,4)17-10(16)14-9-12-6-7(2)8(15)13-9/h6H,5H2,1-4H3,(H2,12,13,14,15,16). The maximum absolute atomic E-state index is 11.5. The van der Waals surface area contributed by atoms with Crippen molar-refractivity contribution in [1.82, 2.24) is 9.97 Å². The molecule has 0 spiro atoms. The van der Waals surface area contributed by atoms with Crippen molar-refractivity contribution in [3.8, 4) is 0 Å². The second kappa shape index (κ2) is 4.99. The summed E-state index contributed by atoms with van der Waals surface area (Å²) in [4.78, 5) is 29.1. The van der Waals surface area contributed by atoms with E-state index in [0.29, 0.717) is 12.0 Å². The number of rotatable bonds is 3. The van der Waals surface area contributed by atoms with Gasteiger partial charge in [0.15, 0.2) is 0 Å². The fourth-order valence-corrected chi connectivity index (χ4v) is 0.967. The first-order valence-corrected chi connectivity index (χ1v) is 5.40. The highest BCUT2D eigenvalue weighted by Crippen LogP contribution is 2.14. The minimum Gasteiger partial charge on any atom is -0.443 e. The van der Waals surface area contributed by atoms with E-state index in [0.717, 1.165) is 0 Å². The Kier molecular flexibility index (Phi) is 3.88. The van der Waals surface area contributed by atoms with E-state index in [9.17, 15) is 9.59 Å². The number of aromatic nitrogens is 2. The topological polar surface area (TPSA) is 84.1 Å². The van der Waals surface area contributed by atoms with E-state index in [1.807, 2.05) is 6.92 Å². The second-order valence-corrected chi connectivity index (χ2v) is 4.37. The van der Waals surface area contributed by atoms with Crippen LogP contribution in [0.1, 0.15) is 32.8 Å². The molecule has 0 fully saturated rings. The van der Waals surface area contributed by atoms with Crippen LogP contribution in [0, 0.1) is 6.92 Å². The minimum absolute atomic E-state index is 0.0810. The van der Waals surface area contributed by atoms with E-state index >= 15 is 0 Å². The molecule has 6 nitrogen and oxygen atoms in total. The van der Waals surface area contributed by atoms with E-state index in [2.05, 4.69) is 15.3 Å². The number of amides is 1. The van der Waals surface area contributed by atoms with Gasteiger partial charge in [0.2, 0.25) is 5.95 Å². The smallest absolute Gasteiger partial charge is 0.414 e. The summed E-state index contributed by atoms with van der Waals surface area (Å²) in [6.45, 7) is 7.16. The highest BCUT2D eigenvalue weighted by Gasteiger charge is 2.20. The fraction of sp³-hybridized carbons (Fsp3) is 0.545. The number of hydrogen-bond donors (Lipinski definition) is 2. The van der Waals surface area contributed by atoms with Crippen LogP contribution < -0.4 is 10.9 Å². The van der Waals surface area contributed by atoms with Crippen LogP contribution in [0.4, 0.5) is 10.7 Å². The van der Waals surface area contributed by atoms with Crippen molar-refractivity contribution in [2.24, 2.45) is 0 Å². The van der Waals surface area contributed by atoms with E-state index in [1.54, 1.807) is 20.8 Å². The molecule has 1 aromatic heterocycles. The van der Waals surface area contributed by atoms with Gasteiger partial charge in [0.25, 0.3) is 5.56 Å². The molecule has 0 aromatic carbocycles. The van der Waals surface area contributed by atoms with Crippen LogP contribution in [0.3, 0.4) is 0 Å². The van der Waals surface area contributed by atoms with Crippen molar-refractivity contribution >= 4 is 12.0 Å². The molecule has 2 N–H and O–H groups in total. The van der Waals surface area contributed by atoms with Gasteiger partial charge in [-0.3, -0.25) is 15.1 Å². The largest absolute Gasteiger partial charge is 0.443 e. The summed E-state index contributed by atoms with van der Waals surface area (Å²) in [5, 5.41) is 2.37. The predicted molar refractivity (Wildman–Crippen MR) is 64.1 cm³/mol. The van der Waals surface area contributed by atoms with Crippen LogP contribution in [-0.4, -0.2) is 21.7 Å². The highest BCUT2D eigenvalue weighted by molar-refractivity contribution is 5.82. The third-order valence-electron chi connectivity index (χ3n) is 2.42.